The van der Waals surface area contributed by atoms with Crippen molar-refractivity contribution in [1.82, 2.24) is 15.5 Å². The van der Waals surface area contributed by atoms with Gasteiger partial charge in [0, 0.05) is 52.3 Å². The fraction of sp³-hybridized carbons (Fsp3) is 0.440. The fourth-order valence-corrected chi connectivity index (χ4v) is 3.72. The maximum atomic E-state index is 12.0. The van der Waals surface area contributed by atoms with Crippen molar-refractivity contribution in [3.8, 4) is 5.75 Å². The topological polar surface area (TPSA) is 75.2 Å². The molecular weight excluding hydrogens is 404 g/mol. The van der Waals surface area contributed by atoms with Crippen LogP contribution in [-0.2, 0) is 29.2 Å². The summed E-state index contributed by atoms with van der Waals surface area (Å²) in [4.78, 5) is 18.3. The van der Waals surface area contributed by atoms with Gasteiger partial charge in [-0.15, -0.1) is 0 Å². The number of aryl methyl sites for hydroxylation is 1. The lowest BCUT2D eigenvalue weighted by Gasteiger charge is -2.19. The average Bonchev–Trinajstić information content (AvgIpc) is 3.20. The highest BCUT2D eigenvalue weighted by Crippen LogP contribution is 2.20. The number of carbonyl (C=O) groups is 1. The number of guanidine groups is 1. The van der Waals surface area contributed by atoms with Gasteiger partial charge in [-0.3, -0.25) is 9.79 Å². The van der Waals surface area contributed by atoms with E-state index in [0.29, 0.717) is 45.2 Å². The molecule has 1 saturated heterocycles. The van der Waals surface area contributed by atoms with Crippen molar-refractivity contribution in [3.63, 3.8) is 0 Å². The van der Waals surface area contributed by atoms with Crippen molar-refractivity contribution < 1.29 is 14.3 Å². The first-order valence-corrected chi connectivity index (χ1v) is 11.1. The van der Waals surface area contributed by atoms with Crippen molar-refractivity contribution in [2.24, 2.45) is 4.99 Å². The van der Waals surface area contributed by atoms with Crippen molar-refractivity contribution in [2.45, 2.75) is 39.4 Å². The number of nitrogens with zero attached hydrogens (tertiary/aromatic N) is 2. The van der Waals surface area contributed by atoms with E-state index in [0.717, 1.165) is 41.0 Å². The van der Waals surface area contributed by atoms with Crippen molar-refractivity contribution >= 4 is 11.9 Å². The van der Waals surface area contributed by atoms with Crippen LogP contribution in [0.5, 0.6) is 5.75 Å². The second-order valence-corrected chi connectivity index (χ2v) is 7.92. The van der Waals surface area contributed by atoms with Gasteiger partial charge in [-0.2, -0.15) is 0 Å². The molecule has 0 unspecified atom stereocenters. The first-order chi connectivity index (χ1) is 15.6. The van der Waals surface area contributed by atoms with E-state index in [4.69, 9.17) is 9.47 Å². The van der Waals surface area contributed by atoms with E-state index in [1.165, 1.54) is 0 Å². The van der Waals surface area contributed by atoms with Crippen molar-refractivity contribution in [3.05, 3.63) is 64.7 Å². The molecule has 1 aliphatic heterocycles. The maximum absolute atomic E-state index is 12.0. The lowest BCUT2D eigenvalue weighted by atomic mass is 10.1. The number of likely N-dealkylation sites (tertiary alicyclic amines) is 1. The Morgan fingerprint density at radius 2 is 1.81 bits per heavy atom. The van der Waals surface area contributed by atoms with Gasteiger partial charge in [-0.05, 0) is 36.1 Å². The number of methoxy groups -OCH3 is 1. The summed E-state index contributed by atoms with van der Waals surface area (Å²) in [6, 6.07) is 14.4. The van der Waals surface area contributed by atoms with Crippen LogP contribution in [0.1, 0.15) is 35.1 Å². The minimum atomic E-state index is 0.242. The monoisotopic (exact) mass is 438 g/mol. The molecule has 0 aromatic heterocycles. The summed E-state index contributed by atoms with van der Waals surface area (Å²) in [5.41, 5.74) is 4.53. The molecule has 0 spiro atoms. The van der Waals surface area contributed by atoms with E-state index >= 15 is 0 Å². The van der Waals surface area contributed by atoms with E-state index in [9.17, 15) is 4.79 Å². The molecule has 3 rings (SSSR count). The Bertz CT molecular complexity index is 929. The van der Waals surface area contributed by atoms with E-state index in [1.54, 1.807) is 14.2 Å². The van der Waals surface area contributed by atoms with Gasteiger partial charge in [0.15, 0.2) is 5.96 Å². The third-order valence-electron chi connectivity index (χ3n) is 5.53. The van der Waals surface area contributed by atoms with Crippen molar-refractivity contribution in [1.29, 1.82) is 0 Å². The predicted octanol–water partition coefficient (Wildman–Crippen LogP) is 3.01. The molecule has 1 fully saturated rings. The molecule has 0 radical (unpaired) electrons. The SMILES string of the molecule is CN=C(NCc1ccccc1CN1CCCC1=O)NCc1ccc(C)cc1OCCOC. The van der Waals surface area contributed by atoms with Crippen LogP contribution in [0, 0.1) is 6.92 Å². The quantitative estimate of drug-likeness (QED) is 0.339. The minimum Gasteiger partial charge on any atom is -0.491 e. The van der Waals surface area contributed by atoms with E-state index in [2.05, 4.69) is 39.9 Å². The van der Waals surface area contributed by atoms with Gasteiger partial charge in [0.2, 0.25) is 5.91 Å². The fourth-order valence-electron chi connectivity index (χ4n) is 3.72. The van der Waals surface area contributed by atoms with Crippen LogP contribution >= 0.6 is 0 Å². The Morgan fingerprint density at radius 1 is 1.06 bits per heavy atom. The van der Waals surface area contributed by atoms with Crippen LogP contribution in [0.25, 0.3) is 0 Å². The number of aliphatic imine (C=N–C) groups is 1. The molecular formula is C25H34N4O3. The van der Waals surface area contributed by atoms with E-state index in [1.807, 2.05) is 30.0 Å². The molecule has 0 atom stereocenters. The smallest absolute Gasteiger partial charge is 0.222 e. The Balaban J connectivity index is 1.58. The van der Waals surface area contributed by atoms with Gasteiger partial charge >= 0.3 is 0 Å². The summed E-state index contributed by atoms with van der Waals surface area (Å²) in [6.07, 6.45) is 1.61. The molecule has 32 heavy (non-hydrogen) atoms. The van der Waals surface area contributed by atoms with E-state index < -0.39 is 0 Å². The summed E-state index contributed by atoms with van der Waals surface area (Å²) in [5, 5.41) is 6.76. The summed E-state index contributed by atoms with van der Waals surface area (Å²) >= 11 is 0. The highest BCUT2D eigenvalue weighted by atomic mass is 16.5. The zero-order valence-electron chi connectivity index (χ0n) is 19.3. The average molecular weight is 439 g/mol. The molecule has 1 amide bonds. The summed E-state index contributed by atoms with van der Waals surface area (Å²) in [6.45, 7) is 5.83. The summed E-state index contributed by atoms with van der Waals surface area (Å²) in [7, 11) is 3.42. The highest BCUT2D eigenvalue weighted by molar-refractivity contribution is 5.80. The second kappa shape index (κ2) is 12.1. The molecule has 172 valence electrons. The molecule has 1 aliphatic rings. The van der Waals surface area contributed by atoms with Gasteiger partial charge in [0.05, 0.1) is 6.61 Å². The molecule has 2 aromatic rings. The predicted molar refractivity (Wildman–Crippen MR) is 127 cm³/mol. The summed E-state index contributed by atoms with van der Waals surface area (Å²) < 4.78 is 11.0. The Labute approximate surface area is 190 Å². The van der Waals surface area contributed by atoms with Gasteiger partial charge in [-0.1, -0.05) is 36.4 Å². The van der Waals surface area contributed by atoms with Gasteiger partial charge in [0.1, 0.15) is 12.4 Å². The minimum absolute atomic E-state index is 0.242. The molecule has 0 saturated carbocycles. The molecule has 7 nitrogen and oxygen atoms in total. The first-order valence-electron chi connectivity index (χ1n) is 11.1. The standard InChI is InChI=1S/C25H34N4O3/c1-19-10-11-21(23(15-19)32-14-13-31-3)17-28-25(26-2)27-16-20-7-4-5-8-22(20)18-29-12-6-9-24(29)30/h4-5,7-8,10-11,15H,6,9,12-14,16-18H2,1-3H3,(H2,26,27,28). The number of benzene rings is 2. The number of rotatable bonds is 10. The van der Waals surface area contributed by atoms with Gasteiger partial charge in [-0.25, -0.2) is 0 Å². The van der Waals surface area contributed by atoms with Crippen LogP contribution in [-0.4, -0.2) is 50.7 Å². The molecule has 2 N–H and O–H groups in total. The Kier molecular flexibility index (Phi) is 8.92. The number of ether oxygens (including phenoxy) is 2. The van der Waals surface area contributed by atoms with Crippen LogP contribution < -0.4 is 15.4 Å². The second-order valence-electron chi connectivity index (χ2n) is 7.92. The molecule has 2 aromatic carbocycles. The Morgan fingerprint density at radius 3 is 2.50 bits per heavy atom. The molecule has 1 heterocycles. The van der Waals surface area contributed by atoms with Gasteiger partial charge in [0.25, 0.3) is 0 Å². The number of hydrogen-bond donors (Lipinski definition) is 2. The zero-order valence-corrected chi connectivity index (χ0v) is 19.3. The zero-order chi connectivity index (χ0) is 22.8. The number of carbonyl (C=O) groups excluding carboxylic acids is 1. The lowest BCUT2D eigenvalue weighted by molar-refractivity contribution is -0.128. The first kappa shape index (κ1) is 23.6. The van der Waals surface area contributed by atoms with E-state index in [-0.39, 0.29) is 5.91 Å². The number of hydrogen-bond acceptors (Lipinski definition) is 4. The van der Waals surface area contributed by atoms with Gasteiger partial charge < -0.3 is 25.0 Å². The number of amides is 1. The summed E-state index contributed by atoms with van der Waals surface area (Å²) in [5.74, 6) is 1.80. The van der Waals surface area contributed by atoms with Crippen molar-refractivity contribution in [2.75, 3.05) is 33.9 Å². The lowest BCUT2D eigenvalue weighted by Crippen LogP contribution is -2.36. The van der Waals surface area contributed by atoms with Crippen LogP contribution in [0.3, 0.4) is 0 Å². The Hall–Kier alpha value is -3.06. The third kappa shape index (κ3) is 6.72. The normalized spacial score (nSPS) is 14.0. The largest absolute Gasteiger partial charge is 0.491 e. The maximum Gasteiger partial charge on any atom is 0.222 e. The van der Waals surface area contributed by atoms with Crippen LogP contribution in [0.4, 0.5) is 0 Å². The molecule has 0 aliphatic carbocycles. The van der Waals surface area contributed by atoms with Crippen LogP contribution in [0.2, 0.25) is 0 Å². The molecule has 0 bridgehead atoms. The van der Waals surface area contributed by atoms with Crippen LogP contribution in [0.15, 0.2) is 47.5 Å². The number of nitrogens with one attached hydrogen (secondary N) is 2. The highest BCUT2D eigenvalue weighted by Gasteiger charge is 2.20. The molecule has 7 heteroatoms. The third-order valence-corrected chi connectivity index (χ3v) is 5.53.